The Morgan fingerprint density at radius 3 is 2.35 bits per heavy atom. The maximum Gasteiger partial charge on any atom is 0.335 e. The van der Waals surface area contributed by atoms with Crippen LogP contribution in [0.15, 0.2) is 42.5 Å². The third kappa shape index (κ3) is 3.38. The molecule has 1 N–H and O–H groups in total. The molecule has 2 aromatic rings. The largest absolute Gasteiger partial charge is 0.489 e. The number of aryl methyl sites for hydroxylation is 2. The van der Waals surface area contributed by atoms with E-state index in [2.05, 4.69) is 19.1 Å². The third-order valence-electron chi connectivity index (χ3n) is 3.26. The topological polar surface area (TPSA) is 46.5 Å². The number of hydrogen-bond acceptors (Lipinski definition) is 2. The van der Waals surface area contributed by atoms with Crippen molar-refractivity contribution in [3.63, 3.8) is 0 Å². The molecule has 2 rings (SSSR count). The highest BCUT2D eigenvalue weighted by Crippen LogP contribution is 2.21. The van der Waals surface area contributed by atoms with E-state index in [0.29, 0.717) is 12.4 Å². The van der Waals surface area contributed by atoms with Crippen molar-refractivity contribution >= 4 is 5.97 Å². The number of aromatic carboxylic acids is 1. The van der Waals surface area contributed by atoms with Crippen LogP contribution in [0.1, 0.15) is 34.0 Å². The molecule has 0 aromatic heterocycles. The van der Waals surface area contributed by atoms with Gasteiger partial charge in [-0.1, -0.05) is 37.3 Å². The fourth-order valence-corrected chi connectivity index (χ4v) is 1.92. The van der Waals surface area contributed by atoms with Crippen molar-refractivity contribution < 1.29 is 14.6 Å². The van der Waals surface area contributed by atoms with Gasteiger partial charge in [-0.25, -0.2) is 4.79 Å². The Bertz CT molecular complexity index is 600. The Balaban J connectivity index is 2.09. The first-order valence-corrected chi connectivity index (χ1v) is 6.64. The Labute approximate surface area is 118 Å². The van der Waals surface area contributed by atoms with E-state index >= 15 is 0 Å². The van der Waals surface area contributed by atoms with Crippen molar-refractivity contribution in [1.82, 2.24) is 0 Å². The lowest BCUT2D eigenvalue weighted by molar-refractivity contribution is 0.0696. The predicted octanol–water partition coefficient (Wildman–Crippen LogP) is 3.83. The zero-order chi connectivity index (χ0) is 14.5. The fraction of sp³-hybridized carbons (Fsp3) is 0.235. The van der Waals surface area contributed by atoms with Crippen LogP contribution in [-0.4, -0.2) is 11.1 Å². The van der Waals surface area contributed by atoms with Crippen LogP contribution in [0.2, 0.25) is 0 Å². The quantitative estimate of drug-likeness (QED) is 0.898. The molecule has 2 aromatic carbocycles. The lowest BCUT2D eigenvalue weighted by Gasteiger charge is -2.10. The minimum Gasteiger partial charge on any atom is -0.489 e. The molecule has 0 saturated heterocycles. The van der Waals surface area contributed by atoms with Gasteiger partial charge in [0, 0.05) is 0 Å². The van der Waals surface area contributed by atoms with Crippen molar-refractivity contribution in [3.05, 3.63) is 64.7 Å². The van der Waals surface area contributed by atoms with Gasteiger partial charge in [-0.2, -0.15) is 0 Å². The smallest absolute Gasteiger partial charge is 0.335 e. The first-order chi connectivity index (χ1) is 9.60. The van der Waals surface area contributed by atoms with Crippen LogP contribution in [-0.2, 0) is 13.0 Å². The van der Waals surface area contributed by atoms with Crippen LogP contribution in [0.3, 0.4) is 0 Å². The van der Waals surface area contributed by atoms with Gasteiger partial charge in [-0.05, 0) is 42.2 Å². The van der Waals surface area contributed by atoms with Gasteiger partial charge in [0.1, 0.15) is 12.4 Å². The molecule has 0 heterocycles. The second-order valence-corrected chi connectivity index (χ2v) is 4.74. The molecule has 3 heteroatoms. The maximum absolute atomic E-state index is 11.0. The zero-order valence-corrected chi connectivity index (χ0v) is 11.7. The zero-order valence-electron chi connectivity index (χ0n) is 11.7. The van der Waals surface area contributed by atoms with Crippen molar-refractivity contribution in [2.45, 2.75) is 26.9 Å². The summed E-state index contributed by atoms with van der Waals surface area (Å²) in [5.41, 5.74) is 3.53. The molecule has 104 valence electrons. The average Bonchev–Trinajstić information content (AvgIpc) is 2.46. The van der Waals surface area contributed by atoms with E-state index in [0.717, 1.165) is 17.5 Å². The molecular weight excluding hydrogens is 252 g/mol. The minimum absolute atomic E-state index is 0.243. The molecule has 0 amide bonds. The molecule has 0 bridgehead atoms. The molecule has 0 atom stereocenters. The summed E-state index contributed by atoms with van der Waals surface area (Å²) in [5.74, 6) is -0.327. The van der Waals surface area contributed by atoms with Crippen molar-refractivity contribution in [3.8, 4) is 5.75 Å². The van der Waals surface area contributed by atoms with E-state index in [1.165, 1.54) is 5.56 Å². The summed E-state index contributed by atoms with van der Waals surface area (Å²) < 4.78 is 5.72. The SMILES string of the molecule is CCc1ccc(COc2cc(C(=O)O)ccc2C)cc1. The van der Waals surface area contributed by atoms with Crippen LogP contribution in [0.25, 0.3) is 0 Å². The van der Waals surface area contributed by atoms with Gasteiger partial charge in [0.15, 0.2) is 0 Å². The van der Waals surface area contributed by atoms with Crippen LogP contribution < -0.4 is 4.74 Å². The number of rotatable bonds is 5. The van der Waals surface area contributed by atoms with Crippen LogP contribution in [0, 0.1) is 6.92 Å². The Morgan fingerprint density at radius 2 is 1.75 bits per heavy atom. The van der Waals surface area contributed by atoms with Crippen LogP contribution in [0.5, 0.6) is 5.75 Å². The summed E-state index contributed by atoms with van der Waals surface area (Å²) in [4.78, 5) is 11.0. The number of carbonyl (C=O) groups is 1. The van der Waals surface area contributed by atoms with E-state index in [1.54, 1.807) is 18.2 Å². The second-order valence-electron chi connectivity index (χ2n) is 4.74. The van der Waals surface area contributed by atoms with E-state index in [1.807, 2.05) is 19.1 Å². The molecule has 0 saturated carbocycles. The molecule has 0 aliphatic carbocycles. The molecular formula is C17H18O3. The van der Waals surface area contributed by atoms with Gasteiger partial charge in [0.05, 0.1) is 5.56 Å². The molecule has 0 aliphatic rings. The van der Waals surface area contributed by atoms with Gasteiger partial charge in [0.25, 0.3) is 0 Å². The Morgan fingerprint density at radius 1 is 1.10 bits per heavy atom. The number of hydrogen-bond donors (Lipinski definition) is 1. The molecule has 0 spiro atoms. The summed E-state index contributed by atoms with van der Waals surface area (Å²) in [5, 5.41) is 8.99. The van der Waals surface area contributed by atoms with Crippen LogP contribution >= 0.6 is 0 Å². The van der Waals surface area contributed by atoms with Gasteiger partial charge in [-0.15, -0.1) is 0 Å². The van der Waals surface area contributed by atoms with E-state index in [-0.39, 0.29) is 5.56 Å². The fourth-order valence-electron chi connectivity index (χ4n) is 1.92. The highest BCUT2D eigenvalue weighted by atomic mass is 16.5. The van der Waals surface area contributed by atoms with Crippen molar-refractivity contribution in [2.24, 2.45) is 0 Å². The summed E-state index contributed by atoms with van der Waals surface area (Å²) in [6.07, 6.45) is 1.01. The van der Waals surface area contributed by atoms with Gasteiger partial charge in [0.2, 0.25) is 0 Å². The minimum atomic E-state index is -0.942. The van der Waals surface area contributed by atoms with E-state index < -0.39 is 5.97 Å². The van der Waals surface area contributed by atoms with E-state index in [4.69, 9.17) is 9.84 Å². The standard InChI is InChI=1S/C17H18O3/c1-3-13-5-7-14(8-6-13)11-20-16-10-15(17(18)19)9-4-12(16)2/h4-10H,3,11H2,1-2H3,(H,18,19). The predicted molar refractivity (Wildman–Crippen MR) is 78.3 cm³/mol. The summed E-state index contributed by atoms with van der Waals surface area (Å²) >= 11 is 0. The lowest BCUT2D eigenvalue weighted by atomic mass is 10.1. The molecule has 0 radical (unpaired) electrons. The van der Waals surface area contributed by atoms with Gasteiger partial charge >= 0.3 is 5.97 Å². The average molecular weight is 270 g/mol. The highest BCUT2D eigenvalue weighted by molar-refractivity contribution is 5.88. The van der Waals surface area contributed by atoms with Gasteiger partial charge < -0.3 is 9.84 Å². The maximum atomic E-state index is 11.0. The molecule has 0 aliphatic heterocycles. The van der Waals surface area contributed by atoms with Crippen molar-refractivity contribution in [1.29, 1.82) is 0 Å². The van der Waals surface area contributed by atoms with E-state index in [9.17, 15) is 4.79 Å². The molecule has 0 fully saturated rings. The first-order valence-electron chi connectivity index (χ1n) is 6.64. The molecule has 20 heavy (non-hydrogen) atoms. The number of carboxylic acids is 1. The van der Waals surface area contributed by atoms with Gasteiger partial charge in [-0.3, -0.25) is 0 Å². The highest BCUT2D eigenvalue weighted by Gasteiger charge is 2.07. The van der Waals surface area contributed by atoms with Crippen molar-refractivity contribution in [2.75, 3.05) is 0 Å². The number of ether oxygens (including phenoxy) is 1. The second kappa shape index (κ2) is 6.24. The molecule has 3 nitrogen and oxygen atoms in total. The lowest BCUT2D eigenvalue weighted by Crippen LogP contribution is -2.01. The Hall–Kier alpha value is -2.29. The summed E-state index contributed by atoms with van der Waals surface area (Å²) in [7, 11) is 0. The summed E-state index contributed by atoms with van der Waals surface area (Å²) in [6, 6.07) is 13.2. The normalized spacial score (nSPS) is 10.3. The number of benzene rings is 2. The third-order valence-corrected chi connectivity index (χ3v) is 3.26. The monoisotopic (exact) mass is 270 g/mol. The number of carboxylic acid groups (broad SMARTS) is 1. The van der Waals surface area contributed by atoms with Crippen LogP contribution in [0.4, 0.5) is 0 Å². The first kappa shape index (κ1) is 14.1. The molecule has 0 unspecified atom stereocenters. The Kier molecular flexibility index (Phi) is 4.41. The summed E-state index contributed by atoms with van der Waals surface area (Å²) in [6.45, 7) is 4.46.